The van der Waals surface area contributed by atoms with Crippen molar-refractivity contribution < 1.29 is 24.2 Å². The summed E-state index contributed by atoms with van der Waals surface area (Å²) in [7, 11) is 1.69. The normalized spacial score (nSPS) is 16.6. The van der Waals surface area contributed by atoms with Crippen LogP contribution >= 0.6 is 0 Å². The van der Waals surface area contributed by atoms with Crippen LogP contribution in [0.2, 0.25) is 0 Å². The van der Waals surface area contributed by atoms with Gasteiger partial charge in [0.05, 0.1) is 12.4 Å². The highest BCUT2D eigenvalue weighted by Gasteiger charge is 2.33. The van der Waals surface area contributed by atoms with Crippen LogP contribution in [0.4, 0.5) is 5.82 Å². The number of anilines is 1. The second-order valence-electron chi connectivity index (χ2n) is 8.77. The Morgan fingerprint density at radius 1 is 1.22 bits per heavy atom. The van der Waals surface area contributed by atoms with Gasteiger partial charge in [0, 0.05) is 44.4 Å². The minimum absolute atomic E-state index is 0.00710. The topological polar surface area (TPSA) is 152 Å². The van der Waals surface area contributed by atoms with Gasteiger partial charge in [0.15, 0.2) is 5.82 Å². The fraction of sp³-hybridized carbons (Fsp3) is 0.400. The van der Waals surface area contributed by atoms with Gasteiger partial charge in [0.2, 0.25) is 11.8 Å². The van der Waals surface area contributed by atoms with Gasteiger partial charge < -0.3 is 25.6 Å². The molecule has 1 aliphatic heterocycles. The Labute approximate surface area is 209 Å². The zero-order valence-corrected chi connectivity index (χ0v) is 20.1. The van der Waals surface area contributed by atoms with Crippen LogP contribution < -0.4 is 20.7 Å². The molecule has 4 N–H and O–H groups in total. The standard InChI is InChI=1S/C25H30N6O5/c1-27-7-4-21(26)30-24(33)18-10-19(32)12-20(11-18)36-23-14-28-22(13-29-23)31(15-16-2-3-16)25(34)17-5-8-35-9-6-17/h4,7,10-14,16-17,27,32H,2-3,5-6,8-9,15H2,1H3,(H2,26,30,33)/b7-4-. The molecular weight excluding hydrogens is 464 g/mol. The number of aromatic nitrogens is 2. The minimum atomic E-state index is -0.641. The van der Waals surface area contributed by atoms with Gasteiger partial charge >= 0.3 is 0 Å². The van der Waals surface area contributed by atoms with E-state index in [1.807, 2.05) is 0 Å². The maximum Gasteiger partial charge on any atom is 0.279 e. The van der Waals surface area contributed by atoms with Crippen molar-refractivity contribution in [2.75, 3.05) is 31.7 Å². The minimum Gasteiger partial charge on any atom is -0.508 e. The van der Waals surface area contributed by atoms with Crippen LogP contribution in [0.3, 0.4) is 0 Å². The Bertz CT molecular complexity index is 1140. The Morgan fingerprint density at radius 2 is 2.00 bits per heavy atom. The monoisotopic (exact) mass is 494 g/mol. The lowest BCUT2D eigenvalue weighted by Gasteiger charge is -2.28. The van der Waals surface area contributed by atoms with E-state index in [-0.39, 0.29) is 40.6 Å². The number of aromatic hydroxyl groups is 1. The second-order valence-corrected chi connectivity index (χ2v) is 8.77. The van der Waals surface area contributed by atoms with Gasteiger partial charge in [-0.3, -0.25) is 14.5 Å². The van der Waals surface area contributed by atoms with E-state index in [0.29, 0.717) is 44.3 Å². The number of nitrogens with one attached hydrogen (secondary N) is 1. The van der Waals surface area contributed by atoms with E-state index in [4.69, 9.17) is 15.2 Å². The van der Waals surface area contributed by atoms with Gasteiger partial charge in [-0.15, -0.1) is 0 Å². The van der Waals surface area contributed by atoms with E-state index in [2.05, 4.69) is 20.3 Å². The molecule has 1 aromatic carbocycles. The van der Waals surface area contributed by atoms with Crippen molar-refractivity contribution in [1.29, 1.82) is 0 Å². The SMILES string of the molecule is CN/C=C\C(N)=NC(=O)c1cc(O)cc(Oc2cnc(N(CC3CC3)C(=O)C3CCOCC3)cn2)c1. The third-order valence-electron chi connectivity index (χ3n) is 5.88. The molecule has 4 rings (SSSR count). The molecule has 0 spiro atoms. The number of rotatable bonds is 9. The Kier molecular flexibility index (Phi) is 8.11. The van der Waals surface area contributed by atoms with Crippen LogP contribution in [-0.4, -0.2) is 59.5 Å². The number of amides is 2. The van der Waals surface area contributed by atoms with Crippen molar-refractivity contribution in [1.82, 2.24) is 15.3 Å². The summed E-state index contributed by atoms with van der Waals surface area (Å²) in [6, 6.07) is 4.03. The number of hydrogen-bond acceptors (Lipinski definition) is 8. The number of ether oxygens (including phenoxy) is 2. The average Bonchev–Trinajstić information content (AvgIpc) is 3.71. The van der Waals surface area contributed by atoms with Crippen LogP contribution in [0.1, 0.15) is 36.0 Å². The molecule has 1 aliphatic carbocycles. The van der Waals surface area contributed by atoms with Gasteiger partial charge in [-0.05, 0) is 56.0 Å². The van der Waals surface area contributed by atoms with Crippen molar-refractivity contribution in [2.24, 2.45) is 22.6 Å². The maximum atomic E-state index is 13.2. The van der Waals surface area contributed by atoms with Gasteiger partial charge in [-0.25, -0.2) is 9.97 Å². The van der Waals surface area contributed by atoms with Crippen molar-refractivity contribution in [3.05, 3.63) is 48.4 Å². The Hall–Kier alpha value is -3.99. The molecule has 2 amide bonds. The maximum absolute atomic E-state index is 13.2. The third-order valence-corrected chi connectivity index (χ3v) is 5.88. The molecule has 2 aliphatic rings. The molecule has 1 aromatic heterocycles. The number of nitrogens with zero attached hydrogens (tertiary/aromatic N) is 4. The highest BCUT2D eigenvalue weighted by atomic mass is 16.5. The number of amidine groups is 1. The van der Waals surface area contributed by atoms with Crippen LogP contribution in [0.25, 0.3) is 0 Å². The van der Waals surface area contributed by atoms with E-state index in [1.165, 1.54) is 42.9 Å². The summed E-state index contributed by atoms with van der Waals surface area (Å²) < 4.78 is 11.1. The lowest BCUT2D eigenvalue weighted by atomic mass is 9.98. The predicted octanol–water partition coefficient (Wildman–Crippen LogP) is 2.37. The number of carbonyl (C=O) groups excluding carboxylic acids is 2. The number of phenols is 1. The highest BCUT2D eigenvalue weighted by Crippen LogP contribution is 2.33. The smallest absolute Gasteiger partial charge is 0.279 e. The Balaban J connectivity index is 1.48. The Morgan fingerprint density at radius 3 is 2.67 bits per heavy atom. The zero-order chi connectivity index (χ0) is 25.5. The molecule has 0 atom stereocenters. The molecule has 2 fully saturated rings. The van der Waals surface area contributed by atoms with Crippen LogP contribution in [-0.2, 0) is 9.53 Å². The number of hydrogen-bond donors (Lipinski definition) is 3. The molecule has 2 aromatic rings. The van der Waals surface area contributed by atoms with Gasteiger partial charge in [-0.2, -0.15) is 4.99 Å². The molecule has 0 radical (unpaired) electrons. The van der Waals surface area contributed by atoms with E-state index >= 15 is 0 Å². The second kappa shape index (κ2) is 11.6. The van der Waals surface area contributed by atoms with E-state index in [9.17, 15) is 14.7 Å². The fourth-order valence-electron chi connectivity index (χ4n) is 3.80. The summed E-state index contributed by atoms with van der Waals surface area (Å²) in [6.45, 7) is 1.80. The highest BCUT2D eigenvalue weighted by molar-refractivity contribution is 6.06. The first-order chi connectivity index (χ1) is 17.4. The van der Waals surface area contributed by atoms with Crippen molar-refractivity contribution in [3.8, 4) is 17.4 Å². The summed E-state index contributed by atoms with van der Waals surface area (Å²) in [5.41, 5.74) is 5.79. The molecule has 11 heteroatoms. The lowest BCUT2D eigenvalue weighted by molar-refractivity contribution is -0.125. The van der Waals surface area contributed by atoms with Gasteiger partial charge in [-0.1, -0.05) is 0 Å². The number of phenolic OH excluding ortho intramolecular Hbond substituents is 1. The molecule has 1 saturated heterocycles. The molecule has 190 valence electrons. The summed E-state index contributed by atoms with van der Waals surface area (Å²) >= 11 is 0. The van der Waals surface area contributed by atoms with Gasteiger partial charge in [0.25, 0.3) is 5.91 Å². The molecule has 36 heavy (non-hydrogen) atoms. The number of aliphatic imine (C=N–C) groups is 1. The number of nitrogens with two attached hydrogens (primary N) is 1. The van der Waals surface area contributed by atoms with E-state index < -0.39 is 5.91 Å². The summed E-state index contributed by atoms with van der Waals surface area (Å²) in [5.74, 6) is 0.429. The number of carbonyl (C=O) groups is 2. The van der Waals surface area contributed by atoms with Crippen molar-refractivity contribution in [3.63, 3.8) is 0 Å². The van der Waals surface area contributed by atoms with Crippen LogP contribution in [0, 0.1) is 11.8 Å². The first-order valence-electron chi connectivity index (χ1n) is 11.9. The summed E-state index contributed by atoms with van der Waals surface area (Å²) in [6.07, 6.45) is 9.50. The summed E-state index contributed by atoms with van der Waals surface area (Å²) in [5, 5.41) is 12.8. The molecule has 2 heterocycles. The van der Waals surface area contributed by atoms with Crippen molar-refractivity contribution >= 4 is 23.5 Å². The lowest BCUT2D eigenvalue weighted by Crippen LogP contribution is -2.40. The molecule has 1 saturated carbocycles. The fourth-order valence-corrected chi connectivity index (χ4v) is 3.80. The zero-order valence-electron chi connectivity index (χ0n) is 20.1. The first kappa shape index (κ1) is 25.1. The van der Waals surface area contributed by atoms with Crippen LogP contribution in [0.15, 0.2) is 47.9 Å². The molecule has 0 unspecified atom stereocenters. The van der Waals surface area contributed by atoms with Crippen LogP contribution in [0.5, 0.6) is 17.4 Å². The first-order valence-corrected chi connectivity index (χ1v) is 11.9. The van der Waals surface area contributed by atoms with Gasteiger partial charge in [0.1, 0.15) is 17.3 Å². The number of benzene rings is 1. The van der Waals surface area contributed by atoms with Crippen molar-refractivity contribution in [2.45, 2.75) is 25.7 Å². The van der Waals surface area contributed by atoms with E-state index in [0.717, 1.165) is 12.8 Å². The molecular formula is C25H30N6O5. The quantitative estimate of drug-likeness (QED) is 0.352. The third kappa shape index (κ3) is 6.79. The molecule has 0 bridgehead atoms. The largest absolute Gasteiger partial charge is 0.508 e. The summed E-state index contributed by atoms with van der Waals surface area (Å²) in [4.78, 5) is 39.8. The molecule has 11 nitrogen and oxygen atoms in total. The average molecular weight is 495 g/mol. The predicted molar refractivity (Wildman–Crippen MR) is 133 cm³/mol. The van der Waals surface area contributed by atoms with E-state index in [1.54, 1.807) is 11.9 Å².